The standard InChI is InChI=1S/C14H19FN4O3/c1-19(2)8-17-12-11(15)7-16-14(18-12)22-9-21-13(20)10-5-3-4-6-10/h7-8,10H,3-6,9H2,1-2H3. The summed E-state index contributed by atoms with van der Waals surface area (Å²) >= 11 is 0. The van der Waals surface area contributed by atoms with Crippen molar-refractivity contribution in [3.8, 4) is 6.01 Å². The number of carbonyl (C=O) groups is 1. The highest BCUT2D eigenvalue weighted by Crippen LogP contribution is 2.25. The van der Waals surface area contributed by atoms with E-state index < -0.39 is 5.82 Å². The van der Waals surface area contributed by atoms with Crippen LogP contribution in [-0.4, -0.2) is 48.1 Å². The van der Waals surface area contributed by atoms with Crippen molar-refractivity contribution in [1.82, 2.24) is 14.9 Å². The lowest BCUT2D eigenvalue weighted by atomic mass is 10.1. The third-order valence-corrected chi connectivity index (χ3v) is 3.19. The highest BCUT2D eigenvalue weighted by Gasteiger charge is 2.24. The number of aromatic nitrogens is 2. The molecule has 1 heterocycles. The molecule has 1 aromatic heterocycles. The monoisotopic (exact) mass is 310 g/mol. The first-order chi connectivity index (χ1) is 10.6. The number of rotatable bonds is 6. The zero-order valence-electron chi connectivity index (χ0n) is 12.7. The van der Waals surface area contributed by atoms with Crippen LogP contribution in [0.3, 0.4) is 0 Å². The molecule has 22 heavy (non-hydrogen) atoms. The maximum atomic E-state index is 13.5. The highest BCUT2D eigenvalue weighted by atomic mass is 19.1. The summed E-state index contributed by atoms with van der Waals surface area (Å²) in [4.78, 5) is 24.7. The van der Waals surface area contributed by atoms with Gasteiger partial charge in [-0.1, -0.05) is 12.8 Å². The molecule has 0 aromatic carbocycles. The van der Waals surface area contributed by atoms with E-state index in [-0.39, 0.29) is 30.5 Å². The minimum atomic E-state index is -0.659. The molecule has 0 bridgehead atoms. The molecule has 1 saturated carbocycles. The number of hydrogen-bond donors (Lipinski definition) is 0. The van der Waals surface area contributed by atoms with E-state index in [0.717, 1.165) is 31.9 Å². The second kappa shape index (κ2) is 7.67. The zero-order valence-corrected chi connectivity index (χ0v) is 12.7. The molecule has 1 aromatic rings. The molecule has 0 saturated heterocycles. The molecule has 0 radical (unpaired) electrons. The number of ether oxygens (including phenoxy) is 2. The fourth-order valence-electron chi connectivity index (χ4n) is 2.09. The van der Waals surface area contributed by atoms with Crippen molar-refractivity contribution in [1.29, 1.82) is 0 Å². The molecule has 1 aliphatic rings. The third kappa shape index (κ3) is 4.64. The van der Waals surface area contributed by atoms with Crippen LogP contribution in [0.25, 0.3) is 0 Å². The maximum Gasteiger partial charge on any atom is 0.321 e. The van der Waals surface area contributed by atoms with Crippen LogP contribution >= 0.6 is 0 Å². The fraction of sp³-hybridized carbons (Fsp3) is 0.571. The second-order valence-electron chi connectivity index (χ2n) is 5.24. The van der Waals surface area contributed by atoms with Gasteiger partial charge < -0.3 is 14.4 Å². The highest BCUT2D eigenvalue weighted by molar-refractivity contribution is 5.72. The summed E-state index contributed by atoms with van der Waals surface area (Å²) in [7, 11) is 3.50. The quantitative estimate of drug-likeness (QED) is 0.346. The van der Waals surface area contributed by atoms with Gasteiger partial charge in [-0.25, -0.2) is 14.4 Å². The number of halogens is 1. The summed E-state index contributed by atoms with van der Waals surface area (Å²) in [6, 6.07) is -0.0912. The Morgan fingerprint density at radius 1 is 1.50 bits per heavy atom. The molecule has 0 N–H and O–H groups in total. The number of nitrogens with zero attached hydrogens (tertiary/aromatic N) is 4. The van der Waals surface area contributed by atoms with Crippen molar-refractivity contribution in [2.75, 3.05) is 20.9 Å². The second-order valence-corrected chi connectivity index (χ2v) is 5.24. The van der Waals surface area contributed by atoms with Gasteiger partial charge in [0.05, 0.1) is 18.5 Å². The van der Waals surface area contributed by atoms with Crippen LogP contribution in [0.5, 0.6) is 6.01 Å². The van der Waals surface area contributed by atoms with Crippen molar-refractivity contribution in [3.05, 3.63) is 12.0 Å². The van der Waals surface area contributed by atoms with Crippen molar-refractivity contribution in [3.63, 3.8) is 0 Å². The molecule has 1 aliphatic carbocycles. The Kier molecular flexibility index (Phi) is 5.62. The van der Waals surface area contributed by atoms with E-state index in [4.69, 9.17) is 9.47 Å². The van der Waals surface area contributed by atoms with Gasteiger partial charge in [0.1, 0.15) is 0 Å². The molecule has 1 fully saturated rings. The van der Waals surface area contributed by atoms with Gasteiger partial charge in [-0.15, -0.1) is 0 Å². The van der Waals surface area contributed by atoms with E-state index in [1.807, 2.05) is 0 Å². The summed E-state index contributed by atoms with van der Waals surface area (Å²) in [5, 5.41) is 0. The molecule has 7 nitrogen and oxygen atoms in total. The van der Waals surface area contributed by atoms with Gasteiger partial charge in [-0.3, -0.25) is 4.79 Å². The summed E-state index contributed by atoms with van der Waals surface area (Å²) in [5.41, 5.74) is 0. The number of carbonyl (C=O) groups excluding carboxylic acids is 1. The molecular formula is C14H19FN4O3. The van der Waals surface area contributed by atoms with Crippen molar-refractivity contribution in [2.45, 2.75) is 25.7 Å². The Hall–Kier alpha value is -2.25. The van der Waals surface area contributed by atoms with Crippen LogP contribution in [0.2, 0.25) is 0 Å². The minimum absolute atomic E-state index is 0.0435. The summed E-state index contributed by atoms with van der Waals surface area (Å²) in [6.45, 7) is -0.294. The van der Waals surface area contributed by atoms with Gasteiger partial charge >= 0.3 is 12.0 Å². The lowest BCUT2D eigenvalue weighted by molar-refractivity contribution is -0.155. The van der Waals surface area contributed by atoms with Gasteiger partial charge in [0.2, 0.25) is 6.79 Å². The number of hydrogen-bond acceptors (Lipinski definition) is 6. The van der Waals surface area contributed by atoms with E-state index >= 15 is 0 Å². The van der Waals surface area contributed by atoms with Crippen molar-refractivity contribution >= 4 is 18.1 Å². The van der Waals surface area contributed by atoms with Gasteiger partial charge in [0.15, 0.2) is 11.6 Å². The van der Waals surface area contributed by atoms with Gasteiger partial charge in [0.25, 0.3) is 0 Å². The topological polar surface area (TPSA) is 76.9 Å². The van der Waals surface area contributed by atoms with Gasteiger partial charge in [0, 0.05) is 14.1 Å². The van der Waals surface area contributed by atoms with E-state index in [1.54, 1.807) is 19.0 Å². The lowest BCUT2D eigenvalue weighted by Gasteiger charge is -2.10. The normalized spacial score (nSPS) is 15.2. The molecule has 0 aliphatic heterocycles. The molecule has 0 unspecified atom stereocenters. The predicted molar refractivity (Wildman–Crippen MR) is 77.4 cm³/mol. The smallest absolute Gasteiger partial charge is 0.321 e. The molecule has 8 heteroatoms. The minimum Gasteiger partial charge on any atom is -0.428 e. The Balaban J connectivity index is 1.87. The lowest BCUT2D eigenvalue weighted by Crippen LogP contribution is -2.18. The average Bonchev–Trinajstić information content (AvgIpc) is 3.01. The molecule has 120 valence electrons. The SMILES string of the molecule is CN(C)C=Nc1nc(OCOC(=O)C2CCCC2)ncc1F. The Morgan fingerprint density at radius 3 is 2.91 bits per heavy atom. The van der Waals surface area contributed by atoms with Crippen molar-refractivity contribution < 1.29 is 18.7 Å². The van der Waals surface area contributed by atoms with E-state index in [2.05, 4.69) is 15.0 Å². The van der Waals surface area contributed by atoms with E-state index in [0.29, 0.717) is 0 Å². The third-order valence-electron chi connectivity index (χ3n) is 3.19. The van der Waals surface area contributed by atoms with Gasteiger partial charge in [-0.05, 0) is 12.8 Å². The molecular weight excluding hydrogens is 291 g/mol. The first-order valence-electron chi connectivity index (χ1n) is 7.09. The first-order valence-corrected chi connectivity index (χ1v) is 7.09. The van der Waals surface area contributed by atoms with Crippen molar-refractivity contribution in [2.24, 2.45) is 10.9 Å². The Bertz CT molecular complexity index is 545. The summed E-state index contributed by atoms with van der Waals surface area (Å²) in [6.07, 6.45) is 6.19. The van der Waals surface area contributed by atoms with Crippen LogP contribution in [0.15, 0.2) is 11.2 Å². The number of esters is 1. The fourth-order valence-corrected chi connectivity index (χ4v) is 2.09. The zero-order chi connectivity index (χ0) is 15.9. The summed E-state index contributed by atoms with van der Waals surface area (Å²) in [5.74, 6) is -1.11. The Labute approximate surface area is 128 Å². The van der Waals surface area contributed by atoms with Crippen LogP contribution in [0, 0.1) is 11.7 Å². The largest absolute Gasteiger partial charge is 0.428 e. The van der Waals surface area contributed by atoms with Crippen LogP contribution < -0.4 is 4.74 Å². The Morgan fingerprint density at radius 2 is 2.23 bits per heavy atom. The molecule has 0 amide bonds. The molecule has 0 atom stereocenters. The van der Waals surface area contributed by atoms with Crippen LogP contribution in [0.1, 0.15) is 25.7 Å². The van der Waals surface area contributed by atoms with Crippen LogP contribution in [-0.2, 0) is 9.53 Å². The average molecular weight is 310 g/mol. The summed E-state index contributed by atoms with van der Waals surface area (Å²) < 4.78 is 23.6. The molecule has 2 rings (SSSR count). The predicted octanol–water partition coefficient (Wildman–Crippen LogP) is 1.91. The molecule has 0 spiro atoms. The van der Waals surface area contributed by atoms with Gasteiger partial charge in [-0.2, -0.15) is 4.98 Å². The van der Waals surface area contributed by atoms with E-state index in [9.17, 15) is 9.18 Å². The van der Waals surface area contributed by atoms with Crippen LogP contribution in [0.4, 0.5) is 10.2 Å². The first kappa shape index (κ1) is 16.1. The van der Waals surface area contributed by atoms with E-state index in [1.165, 1.54) is 6.34 Å². The number of aliphatic imine (C=N–C) groups is 1. The maximum absolute atomic E-state index is 13.5.